The van der Waals surface area contributed by atoms with Gasteiger partial charge in [0.1, 0.15) is 0 Å². The van der Waals surface area contributed by atoms with Gasteiger partial charge in [0.15, 0.2) is 34.0 Å². The Bertz CT molecular complexity index is 2790. The van der Waals surface area contributed by atoms with Crippen LogP contribution < -0.4 is 33.2 Å². The molecule has 0 spiro atoms. The summed E-state index contributed by atoms with van der Waals surface area (Å²) in [6.07, 6.45) is 14.4. The van der Waals surface area contributed by atoms with Crippen LogP contribution in [0.4, 0.5) is 17.6 Å². The second-order valence-electron chi connectivity index (χ2n) is 18.2. The number of nitrogens with two attached hydrogens (primary N) is 3. The van der Waals surface area contributed by atoms with E-state index in [0.29, 0.717) is 49.0 Å². The molecule has 4 aromatic heterocycles. The highest BCUT2D eigenvalue weighted by Gasteiger charge is 2.21. The Kier molecular flexibility index (Phi) is 17.2. The summed E-state index contributed by atoms with van der Waals surface area (Å²) in [4.78, 5) is 27.4. The number of anilines is 3. The zero-order valence-corrected chi connectivity index (χ0v) is 40.7. The van der Waals surface area contributed by atoms with Gasteiger partial charge in [0.25, 0.3) is 0 Å². The lowest BCUT2D eigenvalue weighted by atomic mass is 9.92. The summed E-state index contributed by atoms with van der Waals surface area (Å²) in [7, 11) is 0. The Morgan fingerprint density at radius 3 is 1.36 bits per heavy atom. The first-order chi connectivity index (χ1) is 33.7. The van der Waals surface area contributed by atoms with Gasteiger partial charge < -0.3 is 42.3 Å². The molecule has 2 fully saturated rings. The Morgan fingerprint density at radius 1 is 0.507 bits per heavy atom. The van der Waals surface area contributed by atoms with E-state index < -0.39 is 0 Å². The second kappa shape index (κ2) is 24.2. The number of nitrogens with zero attached hydrogens (tertiary/aromatic N) is 8. The highest BCUT2D eigenvalue weighted by atomic mass is 35.5. The largest absolute Gasteiger partial charge is 0.364 e. The summed E-state index contributed by atoms with van der Waals surface area (Å²) < 4.78 is 4.11. The number of benzene rings is 4. The highest BCUT2D eigenvalue weighted by molar-refractivity contribution is 6.28. The van der Waals surface area contributed by atoms with Crippen molar-refractivity contribution in [3.8, 4) is 22.3 Å². The monoisotopic (exact) mass is 947 g/mol. The van der Waals surface area contributed by atoms with Crippen LogP contribution in [0.5, 0.6) is 0 Å². The van der Waals surface area contributed by atoms with E-state index in [2.05, 4.69) is 139 Å². The normalized spacial score (nSPS) is 17.9. The maximum atomic E-state index is 6.12. The third-order valence-corrected chi connectivity index (χ3v) is 13.0. The molecule has 0 amide bonds. The van der Waals surface area contributed by atoms with Gasteiger partial charge in [-0.3, -0.25) is 0 Å². The Labute approximate surface area is 411 Å². The van der Waals surface area contributed by atoms with Gasteiger partial charge in [-0.1, -0.05) is 123 Å². The maximum Gasteiger partial charge on any atom is 0.227 e. The van der Waals surface area contributed by atoms with Crippen molar-refractivity contribution in [2.24, 2.45) is 17.2 Å². The smallest absolute Gasteiger partial charge is 0.227 e. The summed E-state index contributed by atoms with van der Waals surface area (Å²) in [6, 6.07) is 39.5. The number of hydrogen-bond acceptors (Lipinski definition) is 12. The fourth-order valence-corrected chi connectivity index (χ4v) is 9.00. The number of nitrogens with one attached hydrogen (secondary N) is 3. The molecule has 2 aliphatic rings. The predicted octanol–water partition coefficient (Wildman–Crippen LogP) is 10.6. The second-order valence-corrected chi connectivity index (χ2v) is 18.6. The molecule has 15 heteroatoms. The molecule has 0 atom stereocenters. The molecule has 360 valence electrons. The van der Waals surface area contributed by atoms with Crippen LogP contribution in [0.2, 0.25) is 5.28 Å². The van der Waals surface area contributed by atoms with Crippen LogP contribution in [0.25, 0.3) is 44.6 Å². The van der Waals surface area contributed by atoms with Crippen LogP contribution in [0, 0.1) is 0 Å². The molecule has 0 saturated heterocycles. The minimum atomic E-state index is 0.224. The van der Waals surface area contributed by atoms with Crippen molar-refractivity contribution in [3.63, 3.8) is 0 Å². The van der Waals surface area contributed by atoms with Gasteiger partial charge in [0.05, 0.1) is 12.7 Å². The molecule has 9 N–H and O–H groups in total. The minimum Gasteiger partial charge on any atom is -0.364 e. The van der Waals surface area contributed by atoms with Crippen LogP contribution >= 0.6 is 11.6 Å². The molecular weight excluding hydrogens is 880 g/mol. The number of halogens is 1. The van der Waals surface area contributed by atoms with E-state index in [1.165, 1.54) is 27.8 Å². The van der Waals surface area contributed by atoms with E-state index in [4.69, 9.17) is 38.8 Å². The number of aryl methyl sites for hydroxylation is 2. The van der Waals surface area contributed by atoms with E-state index in [9.17, 15) is 0 Å². The van der Waals surface area contributed by atoms with Crippen molar-refractivity contribution in [2.75, 3.05) is 16.0 Å². The SMILES string of the molecule is CCCn1cnc2c(NCc3ccc(-c4ccccc4)cc3)nc(Cl)nc21.CCCn1cnc2c(NCc3ccc(-c4ccccc4)cc3)nc(NC3CCC(N)CC3)nc21.NC1CCC(N)CC1. The first-order valence-corrected chi connectivity index (χ1v) is 25.0. The average molecular weight is 948 g/mol. The third-order valence-electron chi connectivity index (χ3n) is 12.8. The molecule has 8 aromatic rings. The van der Waals surface area contributed by atoms with Crippen LogP contribution in [0.1, 0.15) is 89.2 Å². The topological polar surface area (TPSA) is 201 Å². The molecule has 0 unspecified atom stereocenters. The zero-order chi connectivity index (χ0) is 48.0. The van der Waals surface area contributed by atoms with Crippen molar-refractivity contribution >= 4 is 51.5 Å². The van der Waals surface area contributed by atoms with Crippen molar-refractivity contribution in [3.05, 3.63) is 138 Å². The number of rotatable bonds is 14. The van der Waals surface area contributed by atoms with Crippen LogP contribution in [0.15, 0.2) is 122 Å². The number of aromatic nitrogens is 8. The maximum absolute atomic E-state index is 6.12. The minimum absolute atomic E-state index is 0.224. The lowest BCUT2D eigenvalue weighted by Crippen LogP contribution is -2.33. The Hall–Kier alpha value is -6.45. The lowest BCUT2D eigenvalue weighted by Gasteiger charge is -2.26. The van der Waals surface area contributed by atoms with E-state index >= 15 is 0 Å². The molecule has 0 bridgehead atoms. The standard InChI is InChI=1S/C27H33N7.C21H20ClN5.C6H14N2/c1-2-16-34-18-30-24-25(32-27(33-26(24)34)31-23-14-12-22(28)13-15-23)29-17-19-8-10-21(11-9-19)20-6-4-3-5-7-20;1-2-12-27-14-24-18-19(25-21(22)26-20(18)27)23-13-15-8-10-17(11-9-15)16-6-4-3-5-7-16;7-5-1-2-6(8)4-3-5/h3-11,18,22-23H,2,12-17,28H2,1H3,(H2,29,31,32,33);3-11,14H,2,12-13H2,1H3,(H,23,25,26);5-6H,1-4,7-8H2. The molecule has 4 aromatic carbocycles. The van der Waals surface area contributed by atoms with Gasteiger partial charge in [-0.25, -0.2) is 9.97 Å². The third kappa shape index (κ3) is 13.4. The van der Waals surface area contributed by atoms with Crippen molar-refractivity contribution in [2.45, 2.75) is 128 Å². The van der Waals surface area contributed by atoms with Gasteiger partial charge >= 0.3 is 0 Å². The molecule has 0 aliphatic heterocycles. The van der Waals surface area contributed by atoms with E-state index in [-0.39, 0.29) is 5.28 Å². The van der Waals surface area contributed by atoms with Crippen molar-refractivity contribution in [1.82, 2.24) is 39.0 Å². The summed E-state index contributed by atoms with van der Waals surface area (Å²) in [5.74, 6) is 2.08. The molecule has 2 saturated carbocycles. The first kappa shape index (κ1) is 49.0. The van der Waals surface area contributed by atoms with Crippen LogP contribution in [-0.4, -0.2) is 63.2 Å². The molecule has 4 heterocycles. The number of imidazole rings is 2. The van der Waals surface area contributed by atoms with Gasteiger partial charge in [0.2, 0.25) is 11.2 Å². The average Bonchev–Trinajstić information content (AvgIpc) is 3.99. The summed E-state index contributed by atoms with van der Waals surface area (Å²) in [5.41, 5.74) is 27.7. The quantitative estimate of drug-likeness (QED) is 0.0564. The molecule has 0 radical (unpaired) electrons. The molecular formula is C54H67ClN14. The molecule has 10 rings (SSSR count). The van der Waals surface area contributed by atoms with E-state index in [1.807, 2.05) is 35.2 Å². The van der Waals surface area contributed by atoms with Gasteiger partial charge in [-0.15, -0.1) is 0 Å². The number of fused-ring (bicyclic) bond motifs is 2. The van der Waals surface area contributed by atoms with E-state index in [0.717, 1.165) is 111 Å². The van der Waals surface area contributed by atoms with Crippen molar-refractivity contribution in [1.29, 1.82) is 0 Å². The number of hydrogen-bond donors (Lipinski definition) is 6. The Balaban J connectivity index is 0.000000163. The lowest BCUT2D eigenvalue weighted by molar-refractivity contribution is 0.395. The zero-order valence-electron chi connectivity index (χ0n) is 39.9. The van der Waals surface area contributed by atoms with Gasteiger partial charge in [0, 0.05) is 50.3 Å². The first-order valence-electron chi connectivity index (χ1n) is 24.6. The highest BCUT2D eigenvalue weighted by Crippen LogP contribution is 2.27. The van der Waals surface area contributed by atoms with Crippen LogP contribution in [-0.2, 0) is 26.2 Å². The van der Waals surface area contributed by atoms with Gasteiger partial charge in [-0.2, -0.15) is 19.9 Å². The fraction of sp³-hybridized carbons (Fsp3) is 0.370. The van der Waals surface area contributed by atoms with E-state index in [1.54, 1.807) is 6.33 Å². The molecule has 69 heavy (non-hydrogen) atoms. The van der Waals surface area contributed by atoms with Crippen LogP contribution in [0.3, 0.4) is 0 Å². The summed E-state index contributed by atoms with van der Waals surface area (Å²) >= 11 is 6.12. The van der Waals surface area contributed by atoms with Gasteiger partial charge in [-0.05, 0) is 109 Å². The summed E-state index contributed by atoms with van der Waals surface area (Å²) in [6.45, 7) is 7.32. The predicted molar refractivity (Wildman–Crippen MR) is 283 cm³/mol. The molecule has 2 aliphatic carbocycles. The fourth-order valence-electron chi connectivity index (χ4n) is 8.84. The van der Waals surface area contributed by atoms with Crippen molar-refractivity contribution < 1.29 is 0 Å². The summed E-state index contributed by atoms with van der Waals surface area (Å²) in [5, 5.41) is 10.6. The molecule has 14 nitrogen and oxygen atoms in total. The Morgan fingerprint density at radius 2 is 0.913 bits per heavy atom.